The van der Waals surface area contributed by atoms with Crippen molar-refractivity contribution >= 4 is 23.5 Å². The van der Waals surface area contributed by atoms with Crippen molar-refractivity contribution in [2.24, 2.45) is 11.8 Å². The second-order valence-corrected chi connectivity index (χ2v) is 3.16. The molecule has 0 N–H and O–H groups in total. The lowest BCUT2D eigenvalue weighted by Crippen LogP contribution is -2.23. The first-order chi connectivity index (χ1) is 7.02. The molecule has 1 aliphatic rings. The molecule has 0 radical (unpaired) electrons. The lowest BCUT2D eigenvalue weighted by atomic mass is 10.1. The van der Waals surface area contributed by atoms with E-state index in [1.807, 2.05) is 0 Å². The third-order valence-electron chi connectivity index (χ3n) is 2.24. The highest BCUT2D eigenvalue weighted by Gasteiger charge is 2.52. The highest BCUT2D eigenvalue weighted by atomic mass is 16.5. The van der Waals surface area contributed by atoms with Crippen LogP contribution in [0.25, 0.3) is 0 Å². The Morgan fingerprint density at radius 3 is 1.47 bits per heavy atom. The van der Waals surface area contributed by atoms with Crippen LogP contribution in [-0.2, 0) is 28.7 Å². The van der Waals surface area contributed by atoms with Crippen molar-refractivity contribution in [2.75, 3.05) is 14.2 Å². The fourth-order valence-corrected chi connectivity index (χ4v) is 1.28. The summed E-state index contributed by atoms with van der Waals surface area (Å²) in [6.45, 7) is 0. The van der Waals surface area contributed by atoms with Crippen LogP contribution in [-0.4, -0.2) is 37.7 Å². The van der Waals surface area contributed by atoms with E-state index in [1.165, 1.54) is 0 Å². The first-order valence-corrected chi connectivity index (χ1v) is 4.27. The van der Waals surface area contributed by atoms with Gasteiger partial charge in [-0.2, -0.15) is 0 Å². The summed E-state index contributed by atoms with van der Waals surface area (Å²) >= 11 is 0. The highest BCUT2D eigenvalue weighted by molar-refractivity contribution is 6.40. The molecule has 2 unspecified atom stereocenters. The summed E-state index contributed by atoms with van der Waals surface area (Å²) in [6.07, 6.45) is 0.210. The van der Waals surface area contributed by atoms with Gasteiger partial charge in [0.05, 0.1) is 14.2 Å². The lowest BCUT2D eigenvalue weighted by molar-refractivity contribution is -0.154. The Bertz CT molecular complexity index is 299. The van der Waals surface area contributed by atoms with Crippen LogP contribution >= 0.6 is 0 Å². The molecule has 0 aromatic carbocycles. The molecule has 82 valence electrons. The summed E-state index contributed by atoms with van der Waals surface area (Å²) in [6, 6.07) is 0. The average molecular weight is 214 g/mol. The number of Topliss-reactive ketones (excluding diaryl/α,β-unsaturated/α-hetero) is 2. The van der Waals surface area contributed by atoms with Gasteiger partial charge in [0.15, 0.2) is 0 Å². The number of hydrogen-bond donors (Lipinski definition) is 0. The molecular weight excluding hydrogens is 204 g/mol. The van der Waals surface area contributed by atoms with Crippen molar-refractivity contribution in [1.82, 2.24) is 0 Å². The summed E-state index contributed by atoms with van der Waals surface area (Å²) < 4.78 is 8.42. The maximum absolute atomic E-state index is 11.2. The summed E-state index contributed by atoms with van der Waals surface area (Å²) in [4.78, 5) is 44.0. The van der Waals surface area contributed by atoms with E-state index in [0.29, 0.717) is 0 Å². The SMILES string of the molecule is COC(=O)C(=O)C1CC1C(=O)C(=O)OC. The molecule has 0 aromatic heterocycles. The van der Waals surface area contributed by atoms with E-state index in [4.69, 9.17) is 0 Å². The van der Waals surface area contributed by atoms with Gasteiger partial charge in [-0.25, -0.2) is 9.59 Å². The molecule has 15 heavy (non-hydrogen) atoms. The van der Waals surface area contributed by atoms with Crippen molar-refractivity contribution in [1.29, 1.82) is 0 Å². The number of rotatable bonds is 4. The maximum Gasteiger partial charge on any atom is 0.374 e. The van der Waals surface area contributed by atoms with Crippen LogP contribution < -0.4 is 0 Å². The van der Waals surface area contributed by atoms with Gasteiger partial charge in [-0.05, 0) is 6.42 Å². The zero-order chi connectivity index (χ0) is 11.6. The van der Waals surface area contributed by atoms with Crippen molar-refractivity contribution in [3.8, 4) is 0 Å². The van der Waals surface area contributed by atoms with E-state index in [1.54, 1.807) is 0 Å². The molecule has 0 aromatic rings. The second kappa shape index (κ2) is 4.20. The smallest absolute Gasteiger partial charge is 0.374 e. The first kappa shape index (κ1) is 11.4. The second-order valence-electron chi connectivity index (χ2n) is 3.16. The summed E-state index contributed by atoms with van der Waals surface area (Å²) in [7, 11) is 2.17. The van der Waals surface area contributed by atoms with Crippen LogP contribution in [0.15, 0.2) is 0 Å². The minimum Gasteiger partial charge on any atom is -0.463 e. The molecule has 0 amide bonds. The predicted molar refractivity (Wildman–Crippen MR) is 45.6 cm³/mol. The van der Waals surface area contributed by atoms with E-state index < -0.39 is 35.3 Å². The Kier molecular flexibility index (Phi) is 3.18. The number of methoxy groups -OCH3 is 2. The van der Waals surface area contributed by atoms with Crippen LogP contribution in [0.1, 0.15) is 6.42 Å². The van der Waals surface area contributed by atoms with E-state index in [0.717, 1.165) is 14.2 Å². The maximum atomic E-state index is 11.2. The molecule has 2 atom stereocenters. The van der Waals surface area contributed by atoms with Gasteiger partial charge in [-0.1, -0.05) is 0 Å². The molecule has 0 saturated heterocycles. The minimum atomic E-state index is -0.986. The normalized spacial score (nSPS) is 22.8. The predicted octanol–water partition coefficient (Wildman–Crippen LogP) is -0.893. The number of carbonyl (C=O) groups is 4. The molecular formula is C9H10O6. The van der Waals surface area contributed by atoms with Crippen LogP contribution in [0.5, 0.6) is 0 Å². The Morgan fingerprint density at radius 1 is 0.867 bits per heavy atom. The molecule has 0 heterocycles. The summed E-state index contributed by atoms with van der Waals surface area (Å²) in [5, 5.41) is 0. The molecule has 6 nitrogen and oxygen atoms in total. The molecule has 0 aliphatic heterocycles. The topological polar surface area (TPSA) is 86.7 Å². The van der Waals surface area contributed by atoms with Crippen LogP contribution in [0, 0.1) is 11.8 Å². The summed E-state index contributed by atoms with van der Waals surface area (Å²) in [5.74, 6) is -4.94. The molecule has 1 aliphatic carbocycles. The Labute approximate surface area is 85.5 Å². The number of carbonyl (C=O) groups excluding carboxylic acids is 4. The molecule has 6 heteroatoms. The van der Waals surface area contributed by atoms with Gasteiger partial charge < -0.3 is 9.47 Å². The van der Waals surface area contributed by atoms with E-state index in [-0.39, 0.29) is 6.42 Å². The molecule has 1 saturated carbocycles. The number of esters is 2. The van der Waals surface area contributed by atoms with Crippen molar-refractivity contribution in [3.63, 3.8) is 0 Å². The van der Waals surface area contributed by atoms with Crippen molar-refractivity contribution < 1.29 is 28.7 Å². The van der Waals surface area contributed by atoms with Gasteiger partial charge in [-0.15, -0.1) is 0 Å². The fraction of sp³-hybridized carbons (Fsp3) is 0.556. The van der Waals surface area contributed by atoms with Gasteiger partial charge in [0.2, 0.25) is 11.6 Å². The van der Waals surface area contributed by atoms with E-state index in [2.05, 4.69) is 9.47 Å². The van der Waals surface area contributed by atoms with Crippen molar-refractivity contribution in [3.05, 3.63) is 0 Å². The Hall–Kier alpha value is -1.72. The third-order valence-corrected chi connectivity index (χ3v) is 2.24. The van der Waals surface area contributed by atoms with Gasteiger partial charge in [0, 0.05) is 11.8 Å². The van der Waals surface area contributed by atoms with Crippen molar-refractivity contribution in [2.45, 2.75) is 6.42 Å². The first-order valence-electron chi connectivity index (χ1n) is 4.27. The molecule has 0 bridgehead atoms. The largest absolute Gasteiger partial charge is 0.463 e. The zero-order valence-corrected chi connectivity index (χ0v) is 8.31. The number of ketones is 2. The number of ether oxygens (including phenoxy) is 2. The number of hydrogen-bond acceptors (Lipinski definition) is 6. The van der Waals surface area contributed by atoms with E-state index >= 15 is 0 Å². The highest BCUT2D eigenvalue weighted by Crippen LogP contribution is 2.40. The average Bonchev–Trinajstić information content (AvgIpc) is 3.04. The molecule has 1 rings (SSSR count). The molecule has 1 fully saturated rings. The van der Waals surface area contributed by atoms with Crippen LogP contribution in [0.4, 0.5) is 0 Å². The Balaban J connectivity index is 2.54. The molecule has 0 spiro atoms. The van der Waals surface area contributed by atoms with Gasteiger partial charge in [-0.3, -0.25) is 9.59 Å². The quantitative estimate of drug-likeness (QED) is 0.445. The fourth-order valence-electron chi connectivity index (χ4n) is 1.28. The Morgan fingerprint density at radius 2 is 1.20 bits per heavy atom. The van der Waals surface area contributed by atoms with Gasteiger partial charge in [0.1, 0.15) is 0 Å². The van der Waals surface area contributed by atoms with Crippen LogP contribution in [0.3, 0.4) is 0 Å². The third kappa shape index (κ3) is 2.20. The lowest BCUT2D eigenvalue weighted by Gasteiger charge is -1.97. The van der Waals surface area contributed by atoms with E-state index in [9.17, 15) is 19.2 Å². The van der Waals surface area contributed by atoms with Gasteiger partial charge in [0.25, 0.3) is 0 Å². The van der Waals surface area contributed by atoms with Gasteiger partial charge >= 0.3 is 11.9 Å². The monoisotopic (exact) mass is 214 g/mol. The minimum absolute atomic E-state index is 0.210. The summed E-state index contributed by atoms with van der Waals surface area (Å²) in [5.41, 5.74) is 0. The zero-order valence-electron chi connectivity index (χ0n) is 8.31. The van der Waals surface area contributed by atoms with Crippen LogP contribution in [0.2, 0.25) is 0 Å². The standard InChI is InChI=1S/C9H10O6/c1-14-8(12)6(10)4-3-5(4)7(11)9(13)15-2/h4-5H,3H2,1-2H3.